The highest BCUT2D eigenvalue weighted by atomic mass is 16.5. The third-order valence-electron chi connectivity index (χ3n) is 4.72. The van der Waals surface area contributed by atoms with Gasteiger partial charge in [-0.15, -0.1) is 0 Å². The first-order valence-corrected chi connectivity index (χ1v) is 8.64. The number of carbonyl (C=O) groups excluding carboxylic acids is 1. The van der Waals surface area contributed by atoms with Crippen LogP contribution in [0.25, 0.3) is 10.9 Å². The Hall–Kier alpha value is -2.88. The summed E-state index contributed by atoms with van der Waals surface area (Å²) < 4.78 is 5.85. The van der Waals surface area contributed by atoms with Crippen molar-refractivity contribution in [1.29, 1.82) is 0 Å². The summed E-state index contributed by atoms with van der Waals surface area (Å²) in [5, 5.41) is 0.929. The van der Waals surface area contributed by atoms with Crippen LogP contribution >= 0.6 is 0 Å². The van der Waals surface area contributed by atoms with Gasteiger partial charge in [-0.05, 0) is 36.6 Å². The average molecular weight is 332 g/mol. The van der Waals surface area contributed by atoms with Gasteiger partial charge >= 0.3 is 0 Å². The Morgan fingerprint density at radius 2 is 1.88 bits per heavy atom. The zero-order valence-corrected chi connectivity index (χ0v) is 14.0. The Labute approximate surface area is 147 Å². The van der Waals surface area contributed by atoms with Crippen LogP contribution in [0.3, 0.4) is 0 Å². The van der Waals surface area contributed by atoms with Gasteiger partial charge in [0.1, 0.15) is 5.75 Å². The molecule has 0 aliphatic carbocycles. The molecule has 1 atom stereocenters. The summed E-state index contributed by atoms with van der Waals surface area (Å²) in [5.41, 5.74) is 2.07. The lowest BCUT2D eigenvalue weighted by Crippen LogP contribution is -2.34. The Bertz CT molecular complexity index is 874. The zero-order valence-electron chi connectivity index (χ0n) is 14.0. The molecule has 1 aliphatic rings. The van der Waals surface area contributed by atoms with Crippen molar-refractivity contribution >= 4 is 16.8 Å². The number of para-hydroxylation sites is 1. The SMILES string of the molecule is O=C(COc1ccnc2ccccc12)N1CCC[C@@H]1c1ccccc1. The van der Waals surface area contributed by atoms with Crippen LogP contribution in [-0.2, 0) is 4.79 Å². The number of hydrogen-bond acceptors (Lipinski definition) is 3. The van der Waals surface area contributed by atoms with Gasteiger partial charge in [-0.2, -0.15) is 0 Å². The van der Waals surface area contributed by atoms with Crippen LogP contribution in [0.1, 0.15) is 24.4 Å². The highest BCUT2D eigenvalue weighted by molar-refractivity contribution is 5.85. The summed E-state index contributed by atoms with van der Waals surface area (Å²) in [7, 11) is 0. The van der Waals surface area contributed by atoms with Crippen molar-refractivity contribution in [3.63, 3.8) is 0 Å². The van der Waals surface area contributed by atoms with Crippen LogP contribution in [0.4, 0.5) is 0 Å². The van der Waals surface area contributed by atoms with Gasteiger partial charge in [-0.25, -0.2) is 0 Å². The van der Waals surface area contributed by atoms with E-state index in [-0.39, 0.29) is 18.6 Å². The van der Waals surface area contributed by atoms with Crippen LogP contribution in [0.5, 0.6) is 5.75 Å². The van der Waals surface area contributed by atoms with Crippen molar-refractivity contribution in [3.8, 4) is 5.75 Å². The van der Waals surface area contributed by atoms with Crippen LogP contribution in [-0.4, -0.2) is 28.9 Å². The van der Waals surface area contributed by atoms with E-state index in [0.717, 1.165) is 30.3 Å². The molecular formula is C21H20N2O2. The van der Waals surface area contributed by atoms with Gasteiger partial charge in [0.2, 0.25) is 0 Å². The molecule has 3 aromatic rings. The molecule has 0 bridgehead atoms. The van der Waals surface area contributed by atoms with Crippen LogP contribution in [0.2, 0.25) is 0 Å². The summed E-state index contributed by atoms with van der Waals surface area (Å²) in [6.45, 7) is 0.843. The van der Waals surface area contributed by atoms with Crippen molar-refractivity contribution < 1.29 is 9.53 Å². The maximum atomic E-state index is 12.7. The minimum atomic E-state index is 0.0345. The van der Waals surface area contributed by atoms with Crippen molar-refractivity contribution in [2.75, 3.05) is 13.2 Å². The summed E-state index contributed by atoms with van der Waals surface area (Å²) in [6, 6.07) is 20.0. The molecule has 1 fully saturated rings. The topological polar surface area (TPSA) is 42.4 Å². The molecule has 1 aromatic heterocycles. The molecule has 2 heterocycles. The molecule has 0 radical (unpaired) electrons. The van der Waals surface area contributed by atoms with E-state index in [4.69, 9.17) is 4.74 Å². The Morgan fingerprint density at radius 1 is 1.08 bits per heavy atom. The molecule has 0 N–H and O–H groups in total. The number of amides is 1. The fraction of sp³-hybridized carbons (Fsp3) is 0.238. The van der Waals surface area contributed by atoms with Gasteiger partial charge in [0.25, 0.3) is 5.91 Å². The van der Waals surface area contributed by atoms with Gasteiger partial charge in [-0.1, -0.05) is 42.5 Å². The van der Waals surface area contributed by atoms with Crippen molar-refractivity contribution in [3.05, 3.63) is 72.4 Å². The second-order valence-electron chi connectivity index (χ2n) is 6.27. The third-order valence-corrected chi connectivity index (χ3v) is 4.72. The molecule has 0 spiro atoms. The first-order valence-electron chi connectivity index (χ1n) is 8.64. The number of carbonyl (C=O) groups is 1. The molecular weight excluding hydrogens is 312 g/mol. The zero-order chi connectivity index (χ0) is 17.1. The van der Waals surface area contributed by atoms with Crippen molar-refractivity contribution in [1.82, 2.24) is 9.88 Å². The minimum absolute atomic E-state index is 0.0345. The van der Waals surface area contributed by atoms with E-state index in [0.29, 0.717) is 5.75 Å². The Balaban J connectivity index is 1.48. The number of rotatable bonds is 4. The smallest absolute Gasteiger partial charge is 0.261 e. The monoisotopic (exact) mass is 332 g/mol. The summed E-state index contributed by atoms with van der Waals surface area (Å²) in [4.78, 5) is 19.0. The molecule has 0 saturated carbocycles. The largest absolute Gasteiger partial charge is 0.483 e. The predicted octanol–water partition coefficient (Wildman–Crippen LogP) is 3.98. The van der Waals surface area contributed by atoms with Gasteiger partial charge < -0.3 is 9.64 Å². The number of benzene rings is 2. The lowest BCUT2D eigenvalue weighted by molar-refractivity contribution is -0.134. The van der Waals surface area contributed by atoms with Crippen LogP contribution < -0.4 is 4.74 Å². The highest BCUT2D eigenvalue weighted by Crippen LogP contribution is 2.32. The fourth-order valence-corrected chi connectivity index (χ4v) is 3.50. The summed E-state index contributed by atoms with van der Waals surface area (Å²) >= 11 is 0. The van der Waals surface area contributed by atoms with E-state index < -0.39 is 0 Å². The standard InChI is InChI=1S/C21H20N2O2/c24-21(23-14-6-11-19(23)16-7-2-1-3-8-16)15-25-20-12-13-22-18-10-5-4-9-17(18)20/h1-5,7-10,12-13,19H,6,11,14-15H2/t19-/m1/s1. The van der Waals surface area contributed by atoms with Crippen LogP contribution in [0, 0.1) is 0 Å². The lowest BCUT2D eigenvalue weighted by atomic mass is 10.0. The molecule has 1 amide bonds. The molecule has 4 rings (SSSR count). The highest BCUT2D eigenvalue weighted by Gasteiger charge is 2.29. The maximum Gasteiger partial charge on any atom is 0.261 e. The van der Waals surface area contributed by atoms with Crippen LogP contribution in [0.15, 0.2) is 66.9 Å². The van der Waals surface area contributed by atoms with E-state index in [1.165, 1.54) is 5.56 Å². The van der Waals surface area contributed by atoms with Crippen molar-refractivity contribution in [2.45, 2.75) is 18.9 Å². The van der Waals surface area contributed by atoms with E-state index in [1.807, 2.05) is 53.4 Å². The van der Waals surface area contributed by atoms with Gasteiger partial charge in [0.05, 0.1) is 11.6 Å². The van der Waals surface area contributed by atoms with E-state index >= 15 is 0 Å². The van der Waals surface area contributed by atoms with Crippen molar-refractivity contribution in [2.24, 2.45) is 0 Å². The van der Waals surface area contributed by atoms with E-state index in [1.54, 1.807) is 6.20 Å². The number of nitrogens with zero attached hydrogens (tertiary/aromatic N) is 2. The lowest BCUT2D eigenvalue weighted by Gasteiger charge is -2.25. The molecule has 25 heavy (non-hydrogen) atoms. The van der Waals surface area contributed by atoms with Gasteiger partial charge in [0, 0.05) is 18.1 Å². The first kappa shape index (κ1) is 15.6. The number of fused-ring (bicyclic) bond motifs is 1. The first-order chi connectivity index (χ1) is 12.3. The number of pyridine rings is 1. The number of hydrogen-bond donors (Lipinski definition) is 0. The molecule has 0 unspecified atom stereocenters. The molecule has 1 aliphatic heterocycles. The van der Waals surface area contributed by atoms with E-state index in [9.17, 15) is 4.79 Å². The average Bonchev–Trinajstić information content (AvgIpc) is 3.17. The maximum absolute atomic E-state index is 12.7. The fourth-order valence-electron chi connectivity index (χ4n) is 3.50. The normalized spacial score (nSPS) is 17.0. The molecule has 2 aromatic carbocycles. The molecule has 126 valence electrons. The quantitative estimate of drug-likeness (QED) is 0.726. The predicted molar refractivity (Wildman–Crippen MR) is 97.4 cm³/mol. The summed E-state index contributed by atoms with van der Waals surface area (Å²) in [6.07, 6.45) is 3.75. The Kier molecular flexibility index (Phi) is 4.34. The third kappa shape index (κ3) is 3.20. The molecule has 1 saturated heterocycles. The minimum Gasteiger partial charge on any atom is -0.483 e. The number of aromatic nitrogens is 1. The van der Waals surface area contributed by atoms with Gasteiger partial charge in [-0.3, -0.25) is 9.78 Å². The summed E-state index contributed by atoms with van der Waals surface area (Å²) in [5.74, 6) is 0.738. The molecule has 4 heteroatoms. The number of likely N-dealkylation sites (tertiary alicyclic amines) is 1. The Morgan fingerprint density at radius 3 is 2.76 bits per heavy atom. The van der Waals surface area contributed by atoms with Gasteiger partial charge in [0.15, 0.2) is 6.61 Å². The molecule has 4 nitrogen and oxygen atoms in total. The van der Waals surface area contributed by atoms with E-state index in [2.05, 4.69) is 17.1 Å². The number of ether oxygens (including phenoxy) is 1. The second kappa shape index (κ2) is 6.93. The second-order valence-corrected chi connectivity index (χ2v) is 6.27.